The number of hydrogen-bond donors (Lipinski definition) is 0. The molecule has 0 rings (SSSR count). The second kappa shape index (κ2) is 8.31. The molecule has 0 bridgehead atoms. The Morgan fingerprint density at radius 1 is 0.783 bits per heavy atom. The summed E-state index contributed by atoms with van der Waals surface area (Å²) in [5.41, 5.74) is 4.31. The zero-order valence-corrected chi connectivity index (χ0v) is 19.4. The summed E-state index contributed by atoms with van der Waals surface area (Å²) < 4.78 is 12.5. The van der Waals surface area contributed by atoms with Crippen molar-refractivity contribution in [2.24, 2.45) is 0 Å². The van der Waals surface area contributed by atoms with E-state index in [-0.39, 0.29) is 10.1 Å². The van der Waals surface area contributed by atoms with Crippen LogP contribution in [0.5, 0.6) is 0 Å². The molecule has 0 aromatic carbocycles. The zero-order chi connectivity index (χ0) is 18.5. The first kappa shape index (κ1) is 22.9. The van der Waals surface area contributed by atoms with Gasteiger partial charge < -0.3 is 8.85 Å². The van der Waals surface area contributed by atoms with Gasteiger partial charge in [0.1, 0.15) is 0 Å². The molecular formula is C19H40O2Si2. The molecule has 0 saturated heterocycles. The second-order valence-corrected chi connectivity index (χ2v) is 19.1. The minimum atomic E-state index is -1.66. The zero-order valence-electron chi connectivity index (χ0n) is 17.4. The van der Waals surface area contributed by atoms with Gasteiger partial charge in [0.15, 0.2) is 16.6 Å². The van der Waals surface area contributed by atoms with Gasteiger partial charge >= 0.3 is 0 Å². The molecule has 0 aromatic rings. The minimum Gasteiger partial charge on any atom is -0.416 e. The van der Waals surface area contributed by atoms with Crippen molar-refractivity contribution in [3.05, 3.63) is 17.9 Å². The first-order valence-electron chi connectivity index (χ1n) is 8.80. The third-order valence-corrected chi connectivity index (χ3v) is 14.7. The molecule has 4 heteroatoms. The maximum absolute atomic E-state index is 6.25. The Bertz CT molecular complexity index is 386. The summed E-state index contributed by atoms with van der Waals surface area (Å²) in [6.45, 7) is 28.2. The fourth-order valence-corrected chi connectivity index (χ4v) is 3.68. The van der Waals surface area contributed by atoms with E-state index in [0.29, 0.717) is 0 Å². The highest BCUT2D eigenvalue weighted by Crippen LogP contribution is 2.37. The van der Waals surface area contributed by atoms with Gasteiger partial charge in [0.25, 0.3) is 0 Å². The Labute approximate surface area is 147 Å². The van der Waals surface area contributed by atoms with Crippen molar-refractivity contribution in [3.8, 4) is 0 Å². The Morgan fingerprint density at radius 3 is 1.30 bits per heavy atom. The largest absolute Gasteiger partial charge is 0.416 e. The van der Waals surface area contributed by atoms with Gasteiger partial charge in [0.05, 0.1) is 0 Å². The summed E-state index contributed by atoms with van der Waals surface area (Å²) in [6, 6.07) is 0. The molecule has 0 N–H and O–H groups in total. The Balaban J connectivity index is 4.34. The van der Waals surface area contributed by atoms with Crippen LogP contribution in [0.2, 0.25) is 36.3 Å². The van der Waals surface area contributed by atoms with Crippen molar-refractivity contribution in [3.63, 3.8) is 0 Å². The molecule has 0 unspecified atom stereocenters. The van der Waals surface area contributed by atoms with Crippen LogP contribution in [-0.4, -0.2) is 29.8 Å². The van der Waals surface area contributed by atoms with Gasteiger partial charge in [-0.2, -0.15) is 0 Å². The first-order chi connectivity index (χ1) is 10.1. The van der Waals surface area contributed by atoms with Gasteiger partial charge in [-0.3, -0.25) is 0 Å². The van der Waals surface area contributed by atoms with Crippen molar-refractivity contribution in [1.82, 2.24) is 0 Å². The van der Waals surface area contributed by atoms with E-state index in [1.54, 1.807) is 0 Å². The van der Waals surface area contributed by atoms with Gasteiger partial charge in [-0.15, -0.1) is 5.73 Å². The van der Waals surface area contributed by atoms with Gasteiger partial charge in [0, 0.05) is 13.2 Å². The number of hydrogen-bond acceptors (Lipinski definition) is 2. The van der Waals surface area contributed by atoms with E-state index in [9.17, 15) is 0 Å². The van der Waals surface area contributed by atoms with Crippen molar-refractivity contribution >= 4 is 16.6 Å². The van der Waals surface area contributed by atoms with Gasteiger partial charge in [-0.05, 0) is 54.7 Å². The lowest BCUT2D eigenvalue weighted by Gasteiger charge is -2.36. The lowest BCUT2D eigenvalue weighted by Crippen LogP contribution is -2.41. The monoisotopic (exact) mass is 356 g/mol. The molecule has 23 heavy (non-hydrogen) atoms. The van der Waals surface area contributed by atoms with Gasteiger partial charge in [0.2, 0.25) is 0 Å². The molecule has 0 aliphatic rings. The lowest BCUT2D eigenvalue weighted by molar-refractivity contribution is 0.275. The van der Waals surface area contributed by atoms with E-state index in [2.05, 4.69) is 80.0 Å². The van der Waals surface area contributed by atoms with Crippen LogP contribution in [0.25, 0.3) is 0 Å². The molecule has 0 aromatic heterocycles. The topological polar surface area (TPSA) is 18.5 Å². The van der Waals surface area contributed by atoms with Crippen LogP contribution in [0.3, 0.4) is 0 Å². The van der Waals surface area contributed by atoms with Gasteiger partial charge in [-0.25, -0.2) is 0 Å². The fourth-order valence-electron chi connectivity index (χ4n) is 1.59. The molecule has 0 amide bonds. The maximum atomic E-state index is 6.25. The van der Waals surface area contributed by atoms with Crippen LogP contribution in [0, 0.1) is 0 Å². The molecule has 0 atom stereocenters. The van der Waals surface area contributed by atoms with E-state index in [1.807, 2.05) is 0 Å². The molecular weight excluding hydrogens is 316 g/mol. The fraction of sp³-hybridized carbons (Fsp3) is 0.842. The third-order valence-electron chi connectivity index (χ3n) is 5.60. The van der Waals surface area contributed by atoms with E-state index in [4.69, 9.17) is 8.85 Å². The molecule has 0 saturated carbocycles. The van der Waals surface area contributed by atoms with Crippen molar-refractivity contribution < 1.29 is 8.85 Å². The van der Waals surface area contributed by atoms with E-state index in [0.717, 1.165) is 26.1 Å². The van der Waals surface area contributed by atoms with Gasteiger partial charge in [-0.1, -0.05) is 48.1 Å². The highest BCUT2D eigenvalue weighted by atomic mass is 28.4. The molecule has 0 fully saturated rings. The van der Waals surface area contributed by atoms with Crippen LogP contribution in [0.15, 0.2) is 17.9 Å². The molecule has 0 radical (unpaired) electrons. The summed E-state index contributed by atoms with van der Waals surface area (Å²) in [4.78, 5) is 0. The summed E-state index contributed by atoms with van der Waals surface area (Å²) >= 11 is 0. The molecule has 0 aliphatic carbocycles. The van der Waals surface area contributed by atoms with Crippen LogP contribution < -0.4 is 0 Å². The highest BCUT2D eigenvalue weighted by molar-refractivity contribution is 6.74. The smallest absolute Gasteiger partial charge is 0.191 e. The van der Waals surface area contributed by atoms with E-state index in [1.165, 1.54) is 5.57 Å². The average Bonchev–Trinajstić information content (AvgIpc) is 2.33. The Hall–Kier alpha value is -0.126. The van der Waals surface area contributed by atoms with Crippen molar-refractivity contribution in [1.29, 1.82) is 0 Å². The number of rotatable bonds is 8. The summed E-state index contributed by atoms with van der Waals surface area (Å²) in [5, 5.41) is 0.521. The lowest BCUT2D eigenvalue weighted by atomic mass is 10.1. The molecule has 0 heterocycles. The second-order valence-electron chi connectivity index (χ2n) is 9.50. The molecule has 0 aliphatic heterocycles. The Kier molecular flexibility index (Phi) is 8.26. The van der Waals surface area contributed by atoms with Crippen LogP contribution >= 0.6 is 0 Å². The average molecular weight is 357 g/mol. The van der Waals surface area contributed by atoms with Crippen molar-refractivity contribution in [2.45, 2.75) is 90.6 Å². The Morgan fingerprint density at radius 2 is 1.09 bits per heavy atom. The first-order valence-corrected chi connectivity index (χ1v) is 14.6. The van der Waals surface area contributed by atoms with Crippen LogP contribution in [0.1, 0.15) is 54.4 Å². The van der Waals surface area contributed by atoms with Crippen molar-refractivity contribution in [2.75, 3.05) is 13.2 Å². The molecule has 136 valence electrons. The molecule has 2 nitrogen and oxygen atoms in total. The summed E-state index contributed by atoms with van der Waals surface area (Å²) in [7, 11) is -3.31. The predicted octanol–water partition coefficient (Wildman–Crippen LogP) is 6.52. The normalized spacial score (nSPS) is 13.8. The summed E-state index contributed by atoms with van der Waals surface area (Å²) in [6.07, 6.45) is 1.83. The third kappa shape index (κ3) is 7.53. The summed E-state index contributed by atoms with van der Waals surface area (Å²) in [5.74, 6) is 0. The van der Waals surface area contributed by atoms with E-state index < -0.39 is 16.6 Å². The minimum absolute atomic E-state index is 0.260. The predicted molar refractivity (Wildman–Crippen MR) is 108 cm³/mol. The highest BCUT2D eigenvalue weighted by Gasteiger charge is 2.37. The standard InChI is InChI=1S/C19H40O2Si2/c1-12-17(13-15-20-22(8,9)18(2,3)4)14-16-21-23(10,11)19(5,6)7/h1,13-16H2,2-11H3. The van der Waals surface area contributed by atoms with Crippen LogP contribution in [0.4, 0.5) is 0 Å². The quantitative estimate of drug-likeness (QED) is 0.364. The molecule has 0 spiro atoms. The SMILES string of the molecule is C=C=C(CCO[Si](C)(C)C(C)(C)C)CCO[Si](C)(C)C(C)(C)C. The van der Waals surface area contributed by atoms with E-state index >= 15 is 0 Å². The maximum Gasteiger partial charge on any atom is 0.191 e. The van der Waals surface area contributed by atoms with Crippen LogP contribution in [-0.2, 0) is 8.85 Å².